The molecule has 1 radical (unpaired) electrons. The van der Waals surface area contributed by atoms with E-state index in [2.05, 4.69) is 0 Å². The minimum atomic E-state index is -6.05. The van der Waals surface area contributed by atoms with Crippen LogP contribution in [0.1, 0.15) is 19.8 Å². The lowest BCUT2D eigenvalue weighted by Crippen LogP contribution is -2.45. The van der Waals surface area contributed by atoms with Crippen molar-refractivity contribution in [2.75, 3.05) is 0 Å². The summed E-state index contributed by atoms with van der Waals surface area (Å²) >= 11 is 0. The van der Waals surface area contributed by atoms with E-state index in [1.807, 2.05) is 0 Å². The third-order valence-corrected chi connectivity index (χ3v) is 1.93. The Morgan fingerprint density at radius 1 is 0.824 bits per heavy atom. The predicted molar refractivity (Wildman–Crippen MR) is 39.8 cm³/mol. The number of rotatable bonds is 3. The van der Waals surface area contributed by atoms with Gasteiger partial charge in [-0.3, -0.25) is 0 Å². The first-order valence-corrected chi connectivity index (χ1v) is 4.39. The first-order chi connectivity index (χ1) is 7.31. The first kappa shape index (κ1) is 16.4. The van der Waals surface area contributed by atoms with E-state index in [-0.39, 0.29) is 0 Å². The van der Waals surface area contributed by atoms with E-state index in [4.69, 9.17) is 0 Å². The lowest BCUT2D eigenvalue weighted by molar-refractivity contribution is -0.258. The molecule has 0 aromatic carbocycles. The Balaban J connectivity index is 5.40. The molecule has 1 unspecified atom stereocenters. The van der Waals surface area contributed by atoms with Crippen LogP contribution in [0.2, 0.25) is 0 Å². The van der Waals surface area contributed by atoms with Gasteiger partial charge >= 0.3 is 18.5 Å². The van der Waals surface area contributed by atoms with Gasteiger partial charge in [-0.15, -0.1) is 0 Å². The van der Waals surface area contributed by atoms with Gasteiger partial charge in [-0.2, -0.15) is 39.5 Å². The summed E-state index contributed by atoms with van der Waals surface area (Å²) in [5.41, 5.74) is 0. The minimum absolute atomic E-state index is 0.445. The number of hydrogen-bond donors (Lipinski definition) is 0. The van der Waals surface area contributed by atoms with Crippen molar-refractivity contribution in [2.45, 2.75) is 38.3 Å². The van der Waals surface area contributed by atoms with Crippen LogP contribution >= 0.6 is 0 Å². The summed E-state index contributed by atoms with van der Waals surface area (Å²) < 4.78 is 109. The van der Waals surface area contributed by atoms with E-state index in [0.717, 1.165) is 6.92 Å². The maximum atomic E-state index is 12.2. The Morgan fingerprint density at radius 2 is 1.18 bits per heavy atom. The van der Waals surface area contributed by atoms with E-state index in [0.29, 0.717) is 0 Å². The van der Waals surface area contributed by atoms with Gasteiger partial charge in [0.05, 0.1) is 5.92 Å². The third-order valence-electron chi connectivity index (χ3n) is 1.93. The molecule has 1 atom stereocenters. The van der Waals surface area contributed by atoms with Gasteiger partial charge in [-0.1, -0.05) is 13.3 Å². The zero-order chi connectivity index (χ0) is 14.1. The zero-order valence-corrected chi connectivity index (χ0v) is 8.39. The van der Waals surface area contributed by atoms with E-state index < -0.39 is 43.2 Å². The average Bonchev–Trinajstić information content (AvgIpc) is 1.96. The lowest BCUT2D eigenvalue weighted by atomic mass is 9.86. The fraction of sp³-hybridized carbons (Fsp3) is 0.875. The molecule has 0 nitrogen and oxygen atoms in total. The van der Waals surface area contributed by atoms with Crippen molar-refractivity contribution in [3.8, 4) is 0 Å². The predicted octanol–water partition coefficient (Wildman–Crippen LogP) is 4.66. The molecule has 0 saturated carbocycles. The zero-order valence-electron chi connectivity index (χ0n) is 8.39. The second-order valence-electron chi connectivity index (χ2n) is 3.29. The molecule has 0 amide bonds. The molecule has 0 saturated heterocycles. The van der Waals surface area contributed by atoms with E-state index >= 15 is 0 Å². The van der Waals surface area contributed by atoms with Crippen LogP contribution in [-0.2, 0) is 0 Å². The van der Waals surface area contributed by atoms with Crippen LogP contribution in [0.3, 0.4) is 0 Å². The molecule has 0 N–H and O–H groups in total. The third kappa shape index (κ3) is 4.63. The van der Waals surface area contributed by atoms with Crippen LogP contribution in [0.25, 0.3) is 0 Å². The summed E-state index contributed by atoms with van der Waals surface area (Å²) in [6.07, 6.45) is -19.4. The van der Waals surface area contributed by atoms with Gasteiger partial charge in [0.25, 0.3) is 0 Å². The maximum Gasteiger partial charge on any atom is 0.405 e. The van der Waals surface area contributed by atoms with Crippen molar-refractivity contribution in [3.63, 3.8) is 0 Å². The smallest absolute Gasteiger partial charge is 0.171 e. The van der Waals surface area contributed by atoms with Gasteiger partial charge in [0, 0.05) is 0 Å². The molecular weight excluding hydrogens is 267 g/mol. The quantitative estimate of drug-likeness (QED) is 0.657. The summed E-state index contributed by atoms with van der Waals surface area (Å²) in [5, 5.41) is 0. The van der Waals surface area contributed by atoms with Gasteiger partial charge in [0.2, 0.25) is 0 Å². The van der Waals surface area contributed by atoms with Crippen LogP contribution in [0.4, 0.5) is 39.5 Å². The van der Waals surface area contributed by atoms with Gasteiger partial charge in [0.15, 0.2) is 5.92 Å². The standard InChI is InChI=1S/C8H8F9/c1-2-3-4(6(9,10)11)5(7(12,13)14)8(15,16)17/h4H,2-3H2,1H3. The Kier molecular flexibility index (Phi) is 4.75. The number of alkyl halides is 9. The largest absolute Gasteiger partial charge is 0.405 e. The van der Waals surface area contributed by atoms with Crippen LogP contribution in [0.5, 0.6) is 0 Å². The van der Waals surface area contributed by atoms with Crippen LogP contribution in [0, 0.1) is 11.8 Å². The monoisotopic (exact) mass is 275 g/mol. The van der Waals surface area contributed by atoms with Gasteiger partial charge < -0.3 is 0 Å². The van der Waals surface area contributed by atoms with Crippen molar-refractivity contribution in [1.29, 1.82) is 0 Å². The molecule has 0 aliphatic heterocycles. The average molecular weight is 275 g/mol. The highest BCUT2D eigenvalue weighted by molar-refractivity contribution is 5.11. The lowest BCUT2D eigenvalue weighted by Gasteiger charge is -2.30. The summed E-state index contributed by atoms with van der Waals surface area (Å²) in [5.74, 6) is -6.92. The summed E-state index contributed by atoms with van der Waals surface area (Å²) in [4.78, 5) is 0. The van der Waals surface area contributed by atoms with Crippen molar-refractivity contribution >= 4 is 0 Å². The molecule has 0 aliphatic rings. The second-order valence-corrected chi connectivity index (χ2v) is 3.29. The number of halogens is 9. The molecule has 0 aromatic heterocycles. The van der Waals surface area contributed by atoms with Gasteiger partial charge in [-0.25, -0.2) is 0 Å². The Morgan fingerprint density at radius 3 is 1.35 bits per heavy atom. The maximum absolute atomic E-state index is 12.2. The highest BCUT2D eigenvalue weighted by Crippen LogP contribution is 2.52. The molecule has 0 rings (SSSR count). The molecule has 0 fully saturated rings. The highest BCUT2D eigenvalue weighted by atomic mass is 19.4. The summed E-state index contributed by atoms with van der Waals surface area (Å²) in [6, 6.07) is 0. The normalized spacial score (nSPS) is 16.4. The molecule has 0 bridgehead atoms. The first-order valence-electron chi connectivity index (χ1n) is 4.39. The summed E-state index contributed by atoms with van der Waals surface area (Å²) in [7, 11) is 0. The topological polar surface area (TPSA) is 0 Å². The molecule has 17 heavy (non-hydrogen) atoms. The Hall–Kier alpha value is -0.630. The Labute approximate surface area is 90.8 Å². The van der Waals surface area contributed by atoms with Gasteiger partial charge in [0.1, 0.15) is 0 Å². The van der Waals surface area contributed by atoms with Gasteiger partial charge in [-0.05, 0) is 6.42 Å². The van der Waals surface area contributed by atoms with Crippen molar-refractivity contribution in [1.82, 2.24) is 0 Å². The van der Waals surface area contributed by atoms with E-state index in [1.54, 1.807) is 0 Å². The van der Waals surface area contributed by atoms with E-state index in [9.17, 15) is 39.5 Å². The van der Waals surface area contributed by atoms with Crippen molar-refractivity contribution in [3.05, 3.63) is 5.92 Å². The second kappa shape index (κ2) is 4.93. The molecular formula is C8H8F9. The minimum Gasteiger partial charge on any atom is -0.171 e. The van der Waals surface area contributed by atoms with Crippen molar-refractivity contribution in [2.24, 2.45) is 5.92 Å². The number of hydrogen-bond acceptors (Lipinski definition) is 0. The van der Waals surface area contributed by atoms with Crippen LogP contribution in [0.15, 0.2) is 0 Å². The molecule has 103 valence electrons. The summed E-state index contributed by atoms with van der Waals surface area (Å²) in [6.45, 7) is 1.07. The van der Waals surface area contributed by atoms with Crippen molar-refractivity contribution < 1.29 is 39.5 Å². The molecule has 0 aromatic rings. The highest BCUT2D eigenvalue weighted by Gasteiger charge is 2.66. The Bertz CT molecular complexity index is 219. The fourth-order valence-electron chi connectivity index (χ4n) is 1.32. The van der Waals surface area contributed by atoms with E-state index in [1.165, 1.54) is 0 Å². The molecule has 0 spiro atoms. The molecule has 0 aliphatic carbocycles. The molecule has 0 heterocycles. The van der Waals surface area contributed by atoms with Crippen LogP contribution < -0.4 is 0 Å². The fourth-order valence-corrected chi connectivity index (χ4v) is 1.32. The molecule has 9 heteroatoms. The van der Waals surface area contributed by atoms with Crippen LogP contribution in [-0.4, -0.2) is 18.5 Å². The SMILES string of the molecule is CCCC([C](C(F)(F)F)C(F)(F)F)C(F)(F)F.